The van der Waals surface area contributed by atoms with Crippen LogP contribution in [0.5, 0.6) is 0 Å². The van der Waals surface area contributed by atoms with Crippen LogP contribution in [-0.4, -0.2) is 8.42 Å². The van der Waals surface area contributed by atoms with Crippen LogP contribution in [0.1, 0.15) is 11.1 Å². The molecule has 0 unspecified atom stereocenters. The second-order valence-corrected chi connectivity index (χ2v) is 6.01. The van der Waals surface area contributed by atoms with Gasteiger partial charge in [-0.3, -0.25) is 0 Å². The lowest BCUT2D eigenvalue weighted by Crippen LogP contribution is -2.04. The van der Waals surface area contributed by atoms with E-state index in [0.29, 0.717) is 4.90 Å². The van der Waals surface area contributed by atoms with E-state index in [4.69, 9.17) is 0 Å². The van der Waals surface area contributed by atoms with Gasteiger partial charge in [0.1, 0.15) is 0 Å². The Bertz CT molecular complexity index is 626. The second-order valence-electron chi connectivity index (χ2n) is 4.02. The van der Waals surface area contributed by atoms with Gasteiger partial charge >= 0.3 is 0 Å². The lowest BCUT2D eigenvalue weighted by Gasteiger charge is -2.05. The van der Waals surface area contributed by atoms with Crippen molar-refractivity contribution in [1.82, 2.24) is 0 Å². The van der Waals surface area contributed by atoms with E-state index in [-0.39, 0.29) is 5.75 Å². The molecule has 0 aliphatic carbocycles. The predicted octanol–water partition coefficient (Wildman–Crippen LogP) is 3.30. The molecule has 2 nitrogen and oxygen atoms in total. The fraction of sp³-hybridized carbons (Fsp3) is 0.0667. The Balaban J connectivity index is 2.28. The first kappa shape index (κ1) is 12.6. The average molecular weight is 258 g/mol. The summed E-state index contributed by atoms with van der Waals surface area (Å²) in [5, 5.41) is 0. The zero-order chi connectivity index (χ0) is 13.0. The Morgan fingerprint density at radius 1 is 0.944 bits per heavy atom. The second kappa shape index (κ2) is 5.19. The van der Waals surface area contributed by atoms with E-state index < -0.39 is 9.84 Å². The summed E-state index contributed by atoms with van der Waals surface area (Å²) in [4.78, 5) is 0.344. The molecule has 0 aliphatic rings. The minimum Gasteiger partial charge on any atom is -0.223 e. The molecule has 0 spiro atoms. The Morgan fingerprint density at radius 2 is 1.56 bits per heavy atom. The Labute approximate surface area is 108 Å². The van der Waals surface area contributed by atoms with Gasteiger partial charge in [-0.1, -0.05) is 55.1 Å². The van der Waals surface area contributed by atoms with Crippen molar-refractivity contribution in [1.29, 1.82) is 0 Å². The Morgan fingerprint density at radius 3 is 2.11 bits per heavy atom. The first-order valence-corrected chi connectivity index (χ1v) is 7.26. The third-order valence-electron chi connectivity index (χ3n) is 2.67. The lowest BCUT2D eigenvalue weighted by atomic mass is 10.2. The number of hydrogen-bond donors (Lipinski definition) is 0. The minimum absolute atomic E-state index is 0.0290. The summed E-state index contributed by atoms with van der Waals surface area (Å²) in [6.07, 6.45) is 1.69. The molecule has 0 fully saturated rings. The van der Waals surface area contributed by atoms with Crippen molar-refractivity contribution in [3.05, 3.63) is 72.3 Å². The van der Waals surface area contributed by atoms with Crippen LogP contribution in [0.2, 0.25) is 0 Å². The van der Waals surface area contributed by atoms with Crippen LogP contribution in [0, 0.1) is 0 Å². The molecular weight excluding hydrogens is 244 g/mol. The molecule has 0 aliphatic heterocycles. The fourth-order valence-electron chi connectivity index (χ4n) is 1.69. The molecule has 0 amide bonds. The van der Waals surface area contributed by atoms with E-state index in [2.05, 4.69) is 6.58 Å². The van der Waals surface area contributed by atoms with Crippen LogP contribution in [-0.2, 0) is 15.6 Å². The molecule has 18 heavy (non-hydrogen) atoms. The molecule has 2 aromatic carbocycles. The van der Waals surface area contributed by atoms with Gasteiger partial charge in [0.2, 0.25) is 0 Å². The van der Waals surface area contributed by atoms with Crippen molar-refractivity contribution in [2.75, 3.05) is 0 Å². The van der Waals surface area contributed by atoms with Crippen LogP contribution in [0.15, 0.2) is 66.1 Å². The van der Waals surface area contributed by atoms with Crippen molar-refractivity contribution >= 4 is 15.9 Å². The normalized spacial score (nSPS) is 11.1. The number of rotatable bonds is 4. The largest absolute Gasteiger partial charge is 0.223 e. The molecule has 3 heteroatoms. The van der Waals surface area contributed by atoms with Crippen LogP contribution >= 0.6 is 0 Å². The van der Waals surface area contributed by atoms with Gasteiger partial charge in [-0.15, -0.1) is 0 Å². The fourth-order valence-corrected chi connectivity index (χ4v) is 3.04. The van der Waals surface area contributed by atoms with E-state index in [0.717, 1.165) is 11.1 Å². The quantitative estimate of drug-likeness (QED) is 0.843. The summed E-state index contributed by atoms with van der Waals surface area (Å²) in [7, 11) is -3.27. The van der Waals surface area contributed by atoms with E-state index in [1.54, 1.807) is 30.3 Å². The van der Waals surface area contributed by atoms with E-state index in [1.807, 2.05) is 30.3 Å². The minimum atomic E-state index is -3.27. The molecular formula is C15H14O2S. The molecule has 92 valence electrons. The SMILES string of the molecule is C=Cc1ccc(S(=O)(=O)Cc2ccccc2)cc1. The van der Waals surface area contributed by atoms with Crippen LogP contribution in [0.3, 0.4) is 0 Å². The van der Waals surface area contributed by atoms with Crippen LogP contribution in [0.4, 0.5) is 0 Å². The first-order chi connectivity index (χ1) is 8.62. The van der Waals surface area contributed by atoms with Crippen molar-refractivity contribution in [3.8, 4) is 0 Å². The highest BCUT2D eigenvalue weighted by Crippen LogP contribution is 2.17. The molecule has 2 rings (SSSR count). The first-order valence-electron chi connectivity index (χ1n) is 5.61. The number of sulfone groups is 1. The van der Waals surface area contributed by atoms with Gasteiger partial charge in [-0.25, -0.2) is 8.42 Å². The molecule has 0 radical (unpaired) electrons. The molecule has 0 bridgehead atoms. The van der Waals surface area contributed by atoms with Crippen LogP contribution in [0.25, 0.3) is 6.08 Å². The molecule has 0 saturated carbocycles. The van der Waals surface area contributed by atoms with Crippen molar-refractivity contribution in [2.24, 2.45) is 0 Å². The number of hydrogen-bond acceptors (Lipinski definition) is 2. The summed E-state index contributed by atoms with van der Waals surface area (Å²) in [6, 6.07) is 15.9. The monoisotopic (exact) mass is 258 g/mol. The predicted molar refractivity (Wildman–Crippen MR) is 73.9 cm³/mol. The Kier molecular flexibility index (Phi) is 3.63. The summed E-state index contributed by atoms with van der Waals surface area (Å²) in [5.41, 5.74) is 1.71. The van der Waals surface area contributed by atoms with E-state index >= 15 is 0 Å². The zero-order valence-electron chi connectivity index (χ0n) is 9.91. The number of benzene rings is 2. The maximum Gasteiger partial charge on any atom is 0.182 e. The van der Waals surface area contributed by atoms with Gasteiger partial charge in [0.05, 0.1) is 10.6 Å². The van der Waals surface area contributed by atoms with Crippen molar-refractivity contribution in [3.63, 3.8) is 0 Å². The molecule has 0 atom stereocenters. The standard InChI is InChI=1S/C15H14O2S/c1-2-13-8-10-15(11-9-13)18(16,17)12-14-6-4-3-5-7-14/h2-11H,1,12H2. The smallest absolute Gasteiger partial charge is 0.182 e. The lowest BCUT2D eigenvalue weighted by molar-refractivity contribution is 0.595. The van der Waals surface area contributed by atoms with E-state index in [1.165, 1.54) is 0 Å². The third kappa shape index (κ3) is 2.87. The summed E-state index contributed by atoms with van der Waals surface area (Å²) >= 11 is 0. The van der Waals surface area contributed by atoms with Gasteiger partial charge in [0.25, 0.3) is 0 Å². The molecule has 0 heterocycles. The average Bonchev–Trinajstić information content (AvgIpc) is 2.39. The maximum absolute atomic E-state index is 12.2. The zero-order valence-corrected chi connectivity index (χ0v) is 10.7. The van der Waals surface area contributed by atoms with Gasteiger partial charge in [-0.05, 0) is 23.3 Å². The van der Waals surface area contributed by atoms with Gasteiger partial charge in [-0.2, -0.15) is 0 Å². The molecule has 2 aromatic rings. The highest BCUT2D eigenvalue weighted by molar-refractivity contribution is 7.90. The molecule has 0 saturated heterocycles. The van der Waals surface area contributed by atoms with E-state index in [9.17, 15) is 8.42 Å². The van der Waals surface area contributed by atoms with Gasteiger partial charge < -0.3 is 0 Å². The highest BCUT2D eigenvalue weighted by Gasteiger charge is 2.14. The van der Waals surface area contributed by atoms with Gasteiger partial charge in [0, 0.05) is 0 Å². The molecule has 0 aromatic heterocycles. The summed E-state index contributed by atoms with van der Waals surface area (Å²) in [6.45, 7) is 3.64. The van der Waals surface area contributed by atoms with Gasteiger partial charge in [0.15, 0.2) is 9.84 Å². The summed E-state index contributed by atoms with van der Waals surface area (Å²) < 4.78 is 24.4. The highest BCUT2D eigenvalue weighted by atomic mass is 32.2. The Hall–Kier alpha value is -1.87. The van der Waals surface area contributed by atoms with Crippen LogP contribution < -0.4 is 0 Å². The summed E-state index contributed by atoms with van der Waals surface area (Å²) in [5.74, 6) is 0.0290. The third-order valence-corrected chi connectivity index (χ3v) is 4.38. The topological polar surface area (TPSA) is 34.1 Å². The maximum atomic E-state index is 12.2. The van der Waals surface area contributed by atoms with Crippen molar-refractivity contribution in [2.45, 2.75) is 10.6 Å². The van der Waals surface area contributed by atoms with Crippen molar-refractivity contribution < 1.29 is 8.42 Å². The molecule has 0 N–H and O–H groups in total.